The van der Waals surface area contributed by atoms with Crippen molar-refractivity contribution in [1.82, 2.24) is 30.1 Å². The van der Waals surface area contributed by atoms with Crippen molar-refractivity contribution in [1.29, 1.82) is 0 Å². The fraction of sp³-hybridized carbons (Fsp3) is 0.615. The third kappa shape index (κ3) is 3.67. The van der Waals surface area contributed by atoms with Crippen LogP contribution in [0.3, 0.4) is 0 Å². The van der Waals surface area contributed by atoms with Crippen LogP contribution < -0.4 is 5.32 Å². The van der Waals surface area contributed by atoms with Crippen molar-refractivity contribution < 1.29 is 0 Å². The molecule has 0 radical (unpaired) electrons. The summed E-state index contributed by atoms with van der Waals surface area (Å²) in [5.41, 5.74) is 3.13. The molecular weight excluding hydrogens is 320 g/mol. The number of halogens is 1. The molecule has 0 fully saturated rings. The van der Waals surface area contributed by atoms with Crippen molar-refractivity contribution in [3.63, 3.8) is 0 Å². The molecule has 0 unspecified atom stereocenters. The fourth-order valence-corrected chi connectivity index (χ4v) is 2.21. The predicted molar refractivity (Wildman–Crippen MR) is 81.4 cm³/mol. The van der Waals surface area contributed by atoms with Gasteiger partial charge in [-0.25, -0.2) is 0 Å². The van der Waals surface area contributed by atoms with Gasteiger partial charge in [0, 0.05) is 24.5 Å². The van der Waals surface area contributed by atoms with Gasteiger partial charge in [0.05, 0.1) is 29.0 Å². The molecule has 2 aromatic heterocycles. The predicted octanol–water partition coefficient (Wildman–Crippen LogP) is 2.05. The summed E-state index contributed by atoms with van der Waals surface area (Å²) in [6, 6.07) is 0.451. The maximum atomic E-state index is 4.49. The maximum absolute atomic E-state index is 4.49. The number of nitrogens with one attached hydrogen (secondary N) is 1. The molecule has 0 aliphatic rings. The molecule has 0 saturated carbocycles. The van der Waals surface area contributed by atoms with E-state index >= 15 is 0 Å². The van der Waals surface area contributed by atoms with Crippen LogP contribution in [0.25, 0.3) is 0 Å². The van der Waals surface area contributed by atoms with Crippen molar-refractivity contribution in [2.45, 2.75) is 53.4 Å². The molecule has 0 amide bonds. The molecule has 0 saturated heterocycles. The Balaban J connectivity index is 1.92. The first kappa shape index (κ1) is 15.2. The molecule has 1 N–H and O–H groups in total. The van der Waals surface area contributed by atoms with Crippen LogP contribution in [-0.4, -0.2) is 30.8 Å². The van der Waals surface area contributed by atoms with Gasteiger partial charge in [0.15, 0.2) is 0 Å². The highest BCUT2D eigenvalue weighted by atomic mass is 79.9. The fourth-order valence-electron chi connectivity index (χ4n) is 1.93. The summed E-state index contributed by atoms with van der Waals surface area (Å²) >= 11 is 3.54. The Morgan fingerprint density at radius 2 is 2.05 bits per heavy atom. The highest BCUT2D eigenvalue weighted by molar-refractivity contribution is 9.10. The number of aryl methyl sites for hydroxylation is 3. The van der Waals surface area contributed by atoms with E-state index in [1.807, 2.05) is 22.5 Å². The second-order valence-corrected chi connectivity index (χ2v) is 6.01. The molecule has 20 heavy (non-hydrogen) atoms. The first-order valence-corrected chi connectivity index (χ1v) is 7.58. The number of nitrogens with zero attached hydrogens (tertiary/aromatic N) is 5. The van der Waals surface area contributed by atoms with Gasteiger partial charge in [-0.1, -0.05) is 19.1 Å². The monoisotopic (exact) mass is 340 g/mol. The third-order valence-corrected chi connectivity index (χ3v) is 4.26. The third-order valence-electron chi connectivity index (χ3n) is 3.11. The van der Waals surface area contributed by atoms with Crippen LogP contribution >= 0.6 is 15.9 Å². The summed E-state index contributed by atoms with van der Waals surface area (Å²) in [5.74, 6) is 0. The number of rotatable bonds is 6. The SMILES string of the molecule is Cc1nn(CCn2cc(CNC(C)C)nn2)c(C)c1Br. The second-order valence-electron chi connectivity index (χ2n) is 5.22. The second kappa shape index (κ2) is 6.49. The van der Waals surface area contributed by atoms with Crippen molar-refractivity contribution in [2.75, 3.05) is 0 Å². The highest BCUT2D eigenvalue weighted by Gasteiger charge is 2.09. The summed E-state index contributed by atoms with van der Waals surface area (Å²) in [6.45, 7) is 10.6. The Bertz CT molecular complexity index is 571. The van der Waals surface area contributed by atoms with Gasteiger partial charge in [0.2, 0.25) is 0 Å². The molecule has 110 valence electrons. The Hall–Kier alpha value is -1.21. The lowest BCUT2D eigenvalue weighted by atomic mass is 10.3. The summed E-state index contributed by atoms with van der Waals surface area (Å²) in [6.07, 6.45) is 1.98. The van der Waals surface area contributed by atoms with Gasteiger partial charge < -0.3 is 5.32 Å². The van der Waals surface area contributed by atoms with Crippen molar-refractivity contribution in [2.24, 2.45) is 0 Å². The average Bonchev–Trinajstić information content (AvgIpc) is 2.95. The Morgan fingerprint density at radius 3 is 2.65 bits per heavy atom. The van der Waals surface area contributed by atoms with E-state index in [4.69, 9.17) is 0 Å². The molecule has 2 heterocycles. The van der Waals surface area contributed by atoms with E-state index in [9.17, 15) is 0 Å². The quantitative estimate of drug-likeness (QED) is 0.874. The van der Waals surface area contributed by atoms with E-state index in [1.165, 1.54) is 0 Å². The van der Waals surface area contributed by atoms with Gasteiger partial charge in [-0.05, 0) is 29.8 Å². The van der Waals surface area contributed by atoms with Crippen LogP contribution in [-0.2, 0) is 19.6 Å². The van der Waals surface area contributed by atoms with E-state index in [0.717, 1.165) is 41.2 Å². The lowest BCUT2D eigenvalue weighted by Gasteiger charge is -2.05. The molecule has 2 rings (SSSR count). The first-order chi connectivity index (χ1) is 9.47. The minimum Gasteiger partial charge on any atom is -0.309 e. The molecule has 7 heteroatoms. The zero-order chi connectivity index (χ0) is 14.7. The number of hydrogen-bond donors (Lipinski definition) is 1. The van der Waals surface area contributed by atoms with Crippen LogP contribution in [0.4, 0.5) is 0 Å². The Labute approximate surface area is 127 Å². The van der Waals surface area contributed by atoms with Crippen LogP contribution in [0.1, 0.15) is 30.9 Å². The van der Waals surface area contributed by atoms with E-state index < -0.39 is 0 Å². The van der Waals surface area contributed by atoms with E-state index in [1.54, 1.807) is 0 Å². The van der Waals surface area contributed by atoms with Gasteiger partial charge >= 0.3 is 0 Å². The van der Waals surface area contributed by atoms with Crippen LogP contribution in [0.15, 0.2) is 10.7 Å². The lowest BCUT2D eigenvalue weighted by molar-refractivity contribution is 0.481. The minimum atomic E-state index is 0.451. The molecule has 0 atom stereocenters. The van der Waals surface area contributed by atoms with Gasteiger partial charge in [0.25, 0.3) is 0 Å². The molecule has 0 aliphatic heterocycles. The minimum absolute atomic E-state index is 0.451. The summed E-state index contributed by atoms with van der Waals surface area (Å²) in [5, 5.41) is 16.1. The lowest BCUT2D eigenvalue weighted by Crippen LogP contribution is -2.21. The average molecular weight is 341 g/mol. The molecule has 0 spiro atoms. The van der Waals surface area contributed by atoms with Crippen molar-refractivity contribution in [3.8, 4) is 0 Å². The van der Waals surface area contributed by atoms with Crippen LogP contribution in [0, 0.1) is 13.8 Å². The summed E-state index contributed by atoms with van der Waals surface area (Å²) < 4.78 is 4.94. The topological polar surface area (TPSA) is 60.6 Å². The first-order valence-electron chi connectivity index (χ1n) is 6.79. The Kier molecular flexibility index (Phi) is 4.93. The van der Waals surface area contributed by atoms with Crippen LogP contribution in [0.5, 0.6) is 0 Å². The number of hydrogen-bond acceptors (Lipinski definition) is 4. The molecular formula is C13H21BrN6. The van der Waals surface area contributed by atoms with E-state index in [-0.39, 0.29) is 0 Å². The standard InChI is InChI=1S/C13H21BrN6/c1-9(2)15-7-12-8-19(18-16-12)5-6-20-11(4)13(14)10(3)17-20/h8-9,15H,5-7H2,1-4H3. The van der Waals surface area contributed by atoms with Gasteiger partial charge in [0.1, 0.15) is 0 Å². The normalized spacial score (nSPS) is 11.5. The van der Waals surface area contributed by atoms with Gasteiger partial charge in [-0.3, -0.25) is 9.36 Å². The van der Waals surface area contributed by atoms with Gasteiger partial charge in [-0.2, -0.15) is 5.10 Å². The molecule has 0 bridgehead atoms. The van der Waals surface area contributed by atoms with Crippen molar-refractivity contribution in [3.05, 3.63) is 27.8 Å². The highest BCUT2D eigenvalue weighted by Crippen LogP contribution is 2.19. The summed E-state index contributed by atoms with van der Waals surface area (Å²) in [7, 11) is 0. The summed E-state index contributed by atoms with van der Waals surface area (Å²) in [4.78, 5) is 0. The molecule has 0 aliphatic carbocycles. The molecule has 6 nitrogen and oxygen atoms in total. The Morgan fingerprint density at radius 1 is 1.30 bits per heavy atom. The smallest absolute Gasteiger partial charge is 0.0964 e. The van der Waals surface area contributed by atoms with E-state index in [2.05, 4.69) is 57.4 Å². The van der Waals surface area contributed by atoms with Crippen LogP contribution in [0.2, 0.25) is 0 Å². The molecule has 2 aromatic rings. The van der Waals surface area contributed by atoms with Crippen molar-refractivity contribution >= 4 is 15.9 Å². The van der Waals surface area contributed by atoms with E-state index in [0.29, 0.717) is 6.04 Å². The zero-order valence-corrected chi connectivity index (χ0v) is 14.0. The largest absolute Gasteiger partial charge is 0.309 e. The number of aromatic nitrogens is 5. The van der Waals surface area contributed by atoms with Gasteiger partial charge in [-0.15, -0.1) is 5.10 Å². The maximum Gasteiger partial charge on any atom is 0.0964 e. The molecule has 0 aromatic carbocycles. The zero-order valence-electron chi connectivity index (χ0n) is 12.4.